The number of rotatable bonds is 15. The first-order valence-electron chi connectivity index (χ1n) is 15.8. The number of aromatic carboxylic acids is 1. The third-order valence-electron chi connectivity index (χ3n) is 7.26. The number of carbonyl (C=O) groups is 3. The number of hydrogen-bond acceptors (Lipinski definition) is 11. The van der Waals surface area contributed by atoms with E-state index in [-0.39, 0.29) is 48.2 Å². The van der Waals surface area contributed by atoms with Crippen LogP contribution in [0.25, 0.3) is 10.9 Å². The maximum atomic E-state index is 14.0. The van der Waals surface area contributed by atoms with Gasteiger partial charge >= 0.3 is 22.2 Å². The fourth-order valence-corrected chi connectivity index (χ4v) is 7.18. The summed E-state index contributed by atoms with van der Waals surface area (Å²) in [5, 5.41) is 15.1. The summed E-state index contributed by atoms with van der Waals surface area (Å²) in [6.45, 7) is 4.98. The molecule has 0 bridgehead atoms. The number of halogens is 1. The summed E-state index contributed by atoms with van der Waals surface area (Å²) in [7, 11) is -7.39. The Bertz CT molecular complexity index is 2180. The third-order valence-corrected chi connectivity index (χ3v) is 10.2. The number of ether oxygens (including phenoxy) is 1. The summed E-state index contributed by atoms with van der Waals surface area (Å²) in [6, 6.07) is 14.4. The van der Waals surface area contributed by atoms with Gasteiger partial charge in [0, 0.05) is 37.3 Å². The van der Waals surface area contributed by atoms with Crippen molar-refractivity contribution in [1.29, 1.82) is 0 Å². The second-order valence-corrected chi connectivity index (χ2v) is 16.2. The molecule has 0 fully saturated rings. The van der Waals surface area contributed by atoms with E-state index in [4.69, 9.17) is 8.92 Å². The monoisotopic (exact) mass is 759 g/mol. The zero-order valence-corrected chi connectivity index (χ0v) is 30.4. The number of anilines is 1. The Balaban J connectivity index is 1.44. The lowest BCUT2D eigenvalue weighted by molar-refractivity contribution is 0.0522. The Labute approximate surface area is 300 Å². The summed E-state index contributed by atoms with van der Waals surface area (Å²) in [4.78, 5) is 45.4. The topological polar surface area (TPSA) is 211 Å². The number of amides is 2. The van der Waals surface area contributed by atoms with Crippen LogP contribution in [0.5, 0.6) is 5.75 Å². The Hall–Kier alpha value is -5.36. The molecule has 0 spiro atoms. The van der Waals surface area contributed by atoms with Crippen LogP contribution in [0, 0.1) is 5.82 Å². The number of unbranched alkanes of at least 4 members (excludes halogenated alkanes) is 1. The maximum Gasteiger partial charge on any atom is 0.407 e. The number of carboxylic acid groups (broad SMARTS) is 1. The fourth-order valence-electron chi connectivity index (χ4n) is 4.87. The minimum Gasteiger partial charge on any atom is -0.476 e. The van der Waals surface area contributed by atoms with Crippen LogP contribution in [0.4, 0.5) is 15.0 Å². The van der Waals surface area contributed by atoms with Gasteiger partial charge in [-0.25, -0.2) is 27.4 Å². The molecule has 2 amide bonds. The highest BCUT2D eigenvalue weighted by molar-refractivity contribution is 7.92. The van der Waals surface area contributed by atoms with Gasteiger partial charge in [0.1, 0.15) is 22.7 Å². The number of sulfonamides is 1. The lowest BCUT2D eigenvalue weighted by Gasteiger charge is -2.21. The molecule has 4 rings (SSSR count). The molecule has 0 radical (unpaired) electrons. The minimum atomic E-state index is -4.40. The second kappa shape index (κ2) is 16.3. The van der Waals surface area contributed by atoms with E-state index in [2.05, 4.69) is 20.6 Å². The molecule has 0 unspecified atom stereocenters. The SMILES string of the molecule is CN(c1nc(C(=O)O)c(OS(=O)(=O)Cc2ccccc2)c2ncccc12)S(=O)(=O)CCCCNC(=O)c1cc(F)ccc1CNC(=O)OC(C)(C)C. The molecule has 2 heterocycles. The first kappa shape index (κ1) is 39.4. The number of aromatic nitrogens is 2. The van der Waals surface area contributed by atoms with Crippen molar-refractivity contribution in [2.24, 2.45) is 0 Å². The molecule has 4 aromatic rings. The first-order chi connectivity index (χ1) is 24.4. The highest BCUT2D eigenvalue weighted by Gasteiger charge is 2.30. The highest BCUT2D eigenvalue weighted by atomic mass is 32.2. The summed E-state index contributed by atoms with van der Waals surface area (Å²) in [5.74, 6) is -4.99. The fraction of sp³-hybridized carbons (Fsp3) is 0.324. The number of pyridine rings is 2. The quantitative estimate of drug-likeness (QED) is 0.114. The van der Waals surface area contributed by atoms with E-state index >= 15 is 0 Å². The van der Waals surface area contributed by atoms with Crippen molar-refractivity contribution in [3.05, 3.63) is 95.1 Å². The van der Waals surface area contributed by atoms with E-state index in [9.17, 15) is 40.7 Å². The van der Waals surface area contributed by atoms with Gasteiger partial charge in [0.15, 0.2) is 11.5 Å². The van der Waals surface area contributed by atoms with Gasteiger partial charge in [-0.05, 0) is 69.0 Å². The van der Waals surface area contributed by atoms with Crippen molar-refractivity contribution >= 4 is 54.8 Å². The van der Waals surface area contributed by atoms with E-state index in [1.807, 2.05) is 0 Å². The number of carbonyl (C=O) groups excluding carboxylic acids is 2. The van der Waals surface area contributed by atoms with Crippen molar-refractivity contribution in [3.8, 4) is 5.75 Å². The van der Waals surface area contributed by atoms with E-state index in [1.165, 1.54) is 31.4 Å². The highest BCUT2D eigenvalue weighted by Crippen LogP contribution is 2.35. The molecule has 0 saturated heterocycles. The number of benzene rings is 2. The minimum absolute atomic E-state index is 0.0165. The molecule has 3 N–H and O–H groups in total. The summed E-state index contributed by atoms with van der Waals surface area (Å²) in [6.07, 6.45) is 0.775. The molecular weight excluding hydrogens is 722 g/mol. The molecule has 0 aliphatic heterocycles. The third kappa shape index (κ3) is 10.6. The molecule has 15 nitrogen and oxygen atoms in total. The van der Waals surface area contributed by atoms with Gasteiger partial charge in [0.05, 0.1) is 5.75 Å². The van der Waals surface area contributed by atoms with Gasteiger partial charge < -0.3 is 24.7 Å². The van der Waals surface area contributed by atoms with Crippen LogP contribution in [0.1, 0.15) is 65.6 Å². The second-order valence-electron chi connectivity index (χ2n) is 12.5. The van der Waals surface area contributed by atoms with E-state index in [0.717, 1.165) is 16.4 Å². The van der Waals surface area contributed by atoms with E-state index < -0.39 is 72.5 Å². The molecule has 2 aromatic heterocycles. The number of alkyl carbamates (subject to hydrolysis) is 1. The Morgan fingerprint density at radius 2 is 1.67 bits per heavy atom. The number of nitrogens with one attached hydrogen (secondary N) is 2. The van der Waals surface area contributed by atoms with E-state index in [1.54, 1.807) is 51.1 Å². The largest absolute Gasteiger partial charge is 0.476 e. The summed E-state index contributed by atoms with van der Waals surface area (Å²) in [5.41, 5.74) is -1.15. The van der Waals surface area contributed by atoms with Gasteiger partial charge in [-0.1, -0.05) is 36.4 Å². The molecule has 52 heavy (non-hydrogen) atoms. The molecular formula is C34H38FN5O10S2. The van der Waals surface area contributed by atoms with Crippen molar-refractivity contribution < 1.29 is 49.6 Å². The Morgan fingerprint density at radius 3 is 2.35 bits per heavy atom. The smallest absolute Gasteiger partial charge is 0.407 e. The maximum absolute atomic E-state index is 14.0. The zero-order chi connectivity index (χ0) is 38.3. The predicted molar refractivity (Wildman–Crippen MR) is 189 cm³/mol. The van der Waals surface area contributed by atoms with Gasteiger partial charge in [-0.3, -0.25) is 14.1 Å². The Kier molecular flexibility index (Phi) is 12.4. The van der Waals surface area contributed by atoms with Crippen LogP contribution in [0.3, 0.4) is 0 Å². The van der Waals surface area contributed by atoms with Crippen molar-refractivity contribution in [2.75, 3.05) is 23.7 Å². The number of fused-ring (bicyclic) bond motifs is 1. The summed E-state index contributed by atoms with van der Waals surface area (Å²) >= 11 is 0. The van der Waals surface area contributed by atoms with Crippen LogP contribution >= 0.6 is 0 Å². The average Bonchev–Trinajstić information content (AvgIpc) is 3.06. The lowest BCUT2D eigenvalue weighted by atomic mass is 10.1. The first-order valence-corrected chi connectivity index (χ1v) is 19.0. The van der Waals surface area contributed by atoms with Crippen LogP contribution in [-0.2, 0) is 37.2 Å². The Morgan fingerprint density at radius 1 is 0.962 bits per heavy atom. The number of nitrogens with zero attached hydrogens (tertiary/aromatic N) is 3. The molecule has 0 atom stereocenters. The summed E-state index contributed by atoms with van der Waals surface area (Å²) < 4.78 is 77.9. The normalized spacial score (nSPS) is 11.9. The van der Waals surface area contributed by atoms with Crippen LogP contribution in [0.15, 0.2) is 66.9 Å². The van der Waals surface area contributed by atoms with Crippen molar-refractivity contribution in [2.45, 2.75) is 51.5 Å². The lowest BCUT2D eigenvalue weighted by Crippen LogP contribution is -2.33. The standard InChI is InChI=1S/C34H38FN5O10S2/c1-34(2,3)49-33(44)38-20-23-14-15-24(35)19-26(23)31(41)37-16-8-9-18-51(45,46)40(4)30-25-13-10-17-36-27(25)29(28(39-30)32(42)43)50-52(47,48)21-22-11-6-5-7-12-22/h5-7,10-15,17,19H,8-9,16,18,20-21H2,1-4H3,(H,37,41)(H,38,44)(H,42,43). The van der Waals surface area contributed by atoms with Gasteiger partial charge in [0.25, 0.3) is 5.91 Å². The van der Waals surface area contributed by atoms with Gasteiger partial charge in [-0.15, -0.1) is 0 Å². The number of hydrogen-bond donors (Lipinski definition) is 3. The van der Waals surface area contributed by atoms with Crippen LogP contribution in [-0.4, -0.2) is 74.8 Å². The van der Waals surface area contributed by atoms with Crippen LogP contribution < -0.4 is 19.1 Å². The van der Waals surface area contributed by atoms with Crippen molar-refractivity contribution in [3.63, 3.8) is 0 Å². The van der Waals surface area contributed by atoms with Crippen LogP contribution in [0.2, 0.25) is 0 Å². The van der Waals surface area contributed by atoms with Gasteiger partial charge in [0.2, 0.25) is 15.8 Å². The molecule has 18 heteroatoms. The molecule has 278 valence electrons. The van der Waals surface area contributed by atoms with Crippen molar-refractivity contribution in [1.82, 2.24) is 20.6 Å². The molecule has 0 aliphatic carbocycles. The molecule has 0 saturated carbocycles. The zero-order valence-electron chi connectivity index (χ0n) is 28.8. The van der Waals surface area contributed by atoms with E-state index in [0.29, 0.717) is 11.1 Å². The predicted octanol–water partition coefficient (Wildman–Crippen LogP) is 4.38. The number of carboxylic acids is 1. The van der Waals surface area contributed by atoms with Gasteiger partial charge in [-0.2, -0.15) is 8.42 Å². The molecule has 0 aliphatic rings. The average molecular weight is 760 g/mol. The molecule has 2 aromatic carbocycles.